The van der Waals surface area contributed by atoms with Crippen LogP contribution >= 0.6 is 0 Å². The van der Waals surface area contributed by atoms with Crippen LogP contribution in [0, 0.1) is 0 Å². The van der Waals surface area contributed by atoms with Crippen molar-refractivity contribution < 1.29 is 5.11 Å². The summed E-state index contributed by atoms with van der Waals surface area (Å²) in [5, 5.41) is 9.00. The molecule has 0 fully saturated rings. The van der Waals surface area contributed by atoms with Crippen LogP contribution in [-0.4, -0.2) is 17.3 Å². The van der Waals surface area contributed by atoms with E-state index in [2.05, 4.69) is 0 Å². The van der Waals surface area contributed by atoms with E-state index in [1.54, 1.807) is 0 Å². The van der Waals surface area contributed by atoms with Gasteiger partial charge in [-0.25, -0.2) is 0 Å². The SMILES string of the molecule is CCC(N)C(O)CC.N. The highest BCUT2D eigenvalue weighted by Crippen LogP contribution is 1.97. The monoisotopic (exact) mass is 134 g/mol. The highest BCUT2D eigenvalue weighted by molar-refractivity contribution is 4.67. The minimum atomic E-state index is -0.306. The molecule has 2 unspecified atom stereocenters. The summed E-state index contributed by atoms with van der Waals surface area (Å²) < 4.78 is 0. The predicted octanol–water partition coefficient (Wildman–Crippen LogP) is 0.657. The van der Waals surface area contributed by atoms with E-state index >= 15 is 0 Å². The first-order valence-corrected chi connectivity index (χ1v) is 3.16. The summed E-state index contributed by atoms with van der Waals surface area (Å²) >= 11 is 0. The van der Waals surface area contributed by atoms with E-state index in [1.165, 1.54) is 0 Å². The largest absolute Gasteiger partial charge is 0.392 e. The summed E-state index contributed by atoms with van der Waals surface area (Å²) in [6, 6.07) is -0.0278. The Hall–Kier alpha value is -0.120. The zero-order chi connectivity index (χ0) is 6.57. The van der Waals surface area contributed by atoms with E-state index < -0.39 is 0 Å². The van der Waals surface area contributed by atoms with Gasteiger partial charge < -0.3 is 17.0 Å². The average molecular weight is 134 g/mol. The summed E-state index contributed by atoms with van der Waals surface area (Å²) in [4.78, 5) is 0. The van der Waals surface area contributed by atoms with E-state index in [0.29, 0.717) is 0 Å². The Morgan fingerprint density at radius 1 is 1.33 bits per heavy atom. The Bertz CT molecular complexity index is 51.0. The van der Waals surface area contributed by atoms with Crippen molar-refractivity contribution in [1.82, 2.24) is 6.15 Å². The maximum Gasteiger partial charge on any atom is 0.0688 e. The van der Waals surface area contributed by atoms with Gasteiger partial charge in [-0.2, -0.15) is 0 Å². The number of aliphatic hydroxyl groups is 1. The standard InChI is InChI=1S/C6H15NO.H3N/c1-3-5(7)6(8)4-2;/h5-6,8H,3-4,7H2,1-2H3;1H3. The number of aliphatic hydroxyl groups excluding tert-OH is 1. The normalized spacial score (nSPS) is 16.0. The van der Waals surface area contributed by atoms with Crippen molar-refractivity contribution in [3.05, 3.63) is 0 Å². The van der Waals surface area contributed by atoms with Crippen molar-refractivity contribution in [3.8, 4) is 0 Å². The molecule has 0 bridgehead atoms. The molecule has 0 aromatic carbocycles. The van der Waals surface area contributed by atoms with Crippen LogP contribution in [0.5, 0.6) is 0 Å². The fourth-order valence-electron chi connectivity index (χ4n) is 0.575. The Morgan fingerprint density at radius 2 is 1.78 bits per heavy atom. The lowest BCUT2D eigenvalue weighted by molar-refractivity contribution is 0.138. The molecule has 0 amide bonds. The molecular formula is C6H18N2O. The van der Waals surface area contributed by atoms with Gasteiger partial charge in [0.2, 0.25) is 0 Å². The van der Waals surface area contributed by atoms with Crippen LogP contribution in [0.3, 0.4) is 0 Å². The van der Waals surface area contributed by atoms with Crippen LogP contribution in [-0.2, 0) is 0 Å². The molecule has 9 heavy (non-hydrogen) atoms. The fraction of sp³-hybridized carbons (Fsp3) is 1.00. The first-order valence-electron chi connectivity index (χ1n) is 3.16. The van der Waals surface area contributed by atoms with E-state index in [9.17, 15) is 0 Å². The molecular weight excluding hydrogens is 116 g/mol. The van der Waals surface area contributed by atoms with E-state index in [4.69, 9.17) is 10.8 Å². The van der Waals surface area contributed by atoms with Gasteiger partial charge in [0.05, 0.1) is 6.10 Å². The molecule has 0 aliphatic carbocycles. The van der Waals surface area contributed by atoms with Crippen molar-refractivity contribution in [2.75, 3.05) is 0 Å². The fourth-order valence-corrected chi connectivity index (χ4v) is 0.575. The molecule has 0 aliphatic rings. The van der Waals surface area contributed by atoms with Gasteiger partial charge in [-0.15, -0.1) is 0 Å². The van der Waals surface area contributed by atoms with Gasteiger partial charge in [-0.3, -0.25) is 0 Å². The average Bonchev–Trinajstić information content (AvgIpc) is 1.84. The van der Waals surface area contributed by atoms with Gasteiger partial charge in [0, 0.05) is 6.04 Å². The summed E-state index contributed by atoms with van der Waals surface area (Å²) in [5.74, 6) is 0. The summed E-state index contributed by atoms with van der Waals surface area (Å²) in [6.07, 6.45) is 1.31. The molecule has 0 saturated carbocycles. The van der Waals surface area contributed by atoms with Crippen molar-refractivity contribution in [2.45, 2.75) is 38.8 Å². The molecule has 0 aromatic heterocycles. The second kappa shape index (κ2) is 6.01. The smallest absolute Gasteiger partial charge is 0.0688 e. The molecule has 0 saturated heterocycles. The lowest BCUT2D eigenvalue weighted by Crippen LogP contribution is -2.33. The third kappa shape index (κ3) is 4.39. The molecule has 58 valence electrons. The van der Waals surface area contributed by atoms with E-state index in [-0.39, 0.29) is 18.3 Å². The van der Waals surface area contributed by atoms with Crippen LogP contribution in [0.4, 0.5) is 0 Å². The van der Waals surface area contributed by atoms with Crippen LogP contribution in [0.15, 0.2) is 0 Å². The third-order valence-electron chi connectivity index (χ3n) is 1.38. The molecule has 3 heteroatoms. The number of nitrogens with two attached hydrogens (primary N) is 1. The van der Waals surface area contributed by atoms with Crippen molar-refractivity contribution in [1.29, 1.82) is 0 Å². The maximum atomic E-state index is 9.00. The highest BCUT2D eigenvalue weighted by Gasteiger charge is 2.08. The van der Waals surface area contributed by atoms with Gasteiger partial charge >= 0.3 is 0 Å². The topological polar surface area (TPSA) is 81.2 Å². The van der Waals surface area contributed by atoms with Gasteiger partial charge in [-0.05, 0) is 12.8 Å². The molecule has 0 spiro atoms. The van der Waals surface area contributed by atoms with E-state index in [1.807, 2.05) is 13.8 Å². The van der Waals surface area contributed by atoms with Crippen molar-refractivity contribution in [2.24, 2.45) is 5.73 Å². The molecule has 0 radical (unpaired) electrons. The first kappa shape index (κ1) is 11.6. The van der Waals surface area contributed by atoms with Crippen LogP contribution < -0.4 is 11.9 Å². The van der Waals surface area contributed by atoms with Crippen molar-refractivity contribution in [3.63, 3.8) is 0 Å². The van der Waals surface area contributed by atoms with Crippen LogP contribution in [0.25, 0.3) is 0 Å². The second-order valence-electron chi connectivity index (χ2n) is 2.05. The highest BCUT2D eigenvalue weighted by atomic mass is 16.3. The zero-order valence-corrected chi connectivity index (χ0v) is 6.30. The molecule has 0 rings (SSSR count). The third-order valence-corrected chi connectivity index (χ3v) is 1.38. The van der Waals surface area contributed by atoms with Gasteiger partial charge in [0.25, 0.3) is 0 Å². The molecule has 2 atom stereocenters. The first-order chi connectivity index (χ1) is 3.72. The summed E-state index contributed by atoms with van der Waals surface area (Å²) in [6.45, 7) is 3.91. The molecule has 0 heterocycles. The lowest BCUT2D eigenvalue weighted by Gasteiger charge is -2.13. The molecule has 0 aliphatic heterocycles. The molecule has 0 aromatic rings. The molecule has 3 nitrogen and oxygen atoms in total. The van der Waals surface area contributed by atoms with Crippen molar-refractivity contribution >= 4 is 0 Å². The number of hydrogen-bond donors (Lipinski definition) is 3. The Balaban J connectivity index is 0. The lowest BCUT2D eigenvalue weighted by atomic mass is 10.1. The summed E-state index contributed by atoms with van der Waals surface area (Å²) in [7, 11) is 0. The molecule has 6 N–H and O–H groups in total. The predicted molar refractivity (Wildman–Crippen MR) is 39.6 cm³/mol. The maximum absolute atomic E-state index is 9.00. The Kier molecular flexibility index (Phi) is 7.77. The van der Waals surface area contributed by atoms with Gasteiger partial charge in [0.1, 0.15) is 0 Å². The van der Waals surface area contributed by atoms with Gasteiger partial charge in [-0.1, -0.05) is 13.8 Å². The zero-order valence-electron chi connectivity index (χ0n) is 6.30. The Morgan fingerprint density at radius 3 is 1.89 bits per heavy atom. The quantitative estimate of drug-likeness (QED) is 0.530. The minimum absolute atomic E-state index is 0. The Labute approximate surface area is 56.8 Å². The van der Waals surface area contributed by atoms with Gasteiger partial charge in [0.15, 0.2) is 0 Å². The van der Waals surface area contributed by atoms with Crippen LogP contribution in [0.1, 0.15) is 26.7 Å². The second-order valence-corrected chi connectivity index (χ2v) is 2.05. The van der Waals surface area contributed by atoms with E-state index in [0.717, 1.165) is 12.8 Å². The number of hydrogen-bond acceptors (Lipinski definition) is 3. The summed E-state index contributed by atoms with van der Waals surface area (Å²) in [5.41, 5.74) is 5.48. The minimum Gasteiger partial charge on any atom is -0.392 e. The number of rotatable bonds is 3. The van der Waals surface area contributed by atoms with Crippen LogP contribution in [0.2, 0.25) is 0 Å².